The zero-order chi connectivity index (χ0) is 13.0. The smallest absolute Gasteiger partial charge is 0.132 e. The Labute approximate surface area is 111 Å². The van der Waals surface area contributed by atoms with Crippen molar-refractivity contribution < 1.29 is 4.74 Å². The average Bonchev–Trinajstić information content (AvgIpc) is 3.26. The summed E-state index contributed by atoms with van der Waals surface area (Å²) in [7, 11) is 1.89. The van der Waals surface area contributed by atoms with E-state index in [4.69, 9.17) is 4.74 Å². The fourth-order valence-corrected chi connectivity index (χ4v) is 3.16. The van der Waals surface area contributed by atoms with Crippen LogP contribution in [0.4, 0.5) is 0 Å². The summed E-state index contributed by atoms with van der Waals surface area (Å²) in [5.41, 5.74) is -0.431. The van der Waals surface area contributed by atoms with E-state index in [1.807, 2.05) is 7.05 Å². The van der Waals surface area contributed by atoms with Crippen LogP contribution in [0.3, 0.4) is 0 Å². The molecule has 3 unspecified atom stereocenters. The van der Waals surface area contributed by atoms with E-state index in [1.165, 1.54) is 44.9 Å². The average molecular weight is 250 g/mol. The SMILES string of the molecule is CCC1CCCC(OCC(C#N)(NC)C2CC2)C1. The molecule has 0 bridgehead atoms. The molecular formula is C15H26N2O. The lowest BCUT2D eigenvalue weighted by Gasteiger charge is -2.32. The van der Waals surface area contributed by atoms with Gasteiger partial charge in [-0.05, 0) is 44.6 Å². The first-order chi connectivity index (χ1) is 8.74. The normalized spacial score (nSPS) is 31.6. The molecule has 0 spiro atoms. The standard InChI is InChI=1S/C15H26N2O/c1-3-12-5-4-6-14(9-12)18-11-15(10-16,17-2)13-7-8-13/h12-14,17H,3-9,11H2,1-2H3. The molecule has 3 atom stereocenters. The van der Waals surface area contributed by atoms with Crippen LogP contribution < -0.4 is 5.32 Å². The van der Waals surface area contributed by atoms with Gasteiger partial charge >= 0.3 is 0 Å². The highest BCUT2D eigenvalue weighted by Gasteiger charge is 2.45. The van der Waals surface area contributed by atoms with Crippen molar-refractivity contribution in [2.45, 2.75) is 63.5 Å². The Hall–Kier alpha value is -0.590. The second-order valence-electron chi connectivity index (χ2n) is 5.98. The van der Waals surface area contributed by atoms with Crippen molar-refractivity contribution >= 4 is 0 Å². The minimum absolute atomic E-state index is 0.378. The molecule has 0 radical (unpaired) electrons. The lowest BCUT2D eigenvalue weighted by molar-refractivity contribution is -0.0124. The molecule has 2 fully saturated rings. The molecule has 2 aliphatic carbocycles. The monoisotopic (exact) mass is 250 g/mol. The molecule has 2 aliphatic rings. The Morgan fingerprint density at radius 1 is 1.33 bits per heavy atom. The van der Waals surface area contributed by atoms with Gasteiger partial charge in [0.25, 0.3) is 0 Å². The van der Waals surface area contributed by atoms with Gasteiger partial charge in [0.2, 0.25) is 0 Å². The van der Waals surface area contributed by atoms with Crippen LogP contribution in [-0.2, 0) is 4.74 Å². The number of rotatable bonds is 6. The molecule has 0 aromatic heterocycles. The third-order valence-corrected chi connectivity index (χ3v) is 4.78. The highest BCUT2D eigenvalue weighted by atomic mass is 16.5. The van der Waals surface area contributed by atoms with Gasteiger partial charge in [0, 0.05) is 0 Å². The number of nitrogens with one attached hydrogen (secondary N) is 1. The summed E-state index contributed by atoms with van der Waals surface area (Å²) in [6.45, 7) is 2.83. The predicted octanol–water partition coefficient (Wildman–Crippen LogP) is 2.86. The summed E-state index contributed by atoms with van der Waals surface area (Å²) in [6.07, 6.45) is 8.97. The van der Waals surface area contributed by atoms with Crippen molar-refractivity contribution in [3.8, 4) is 6.07 Å². The number of likely N-dealkylation sites (N-methyl/N-ethyl adjacent to an activating group) is 1. The highest BCUT2D eigenvalue weighted by molar-refractivity contribution is 5.15. The molecule has 0 aromatic carbocycles. The van der Waals surface area contributed by atoms with Gasteiger partial charge in [0.15, 0.2) is 0 Å². The Bertz CT molecular complexity index is 308. The first kappa shape index (κ1) is 13.8. The molecule has 0 heterocycles. The van der Waals surface area contributed by atoms with Crippen LogP contribution in [0, 0.1) is 23.2 Å². The summed E-state index contributed by atoms with van der Waals surface area (Å²) in [4.78, 5) is 0. The highest BCUT2D eigenvalue weighted by Crippen LogP contribution is 2.40. The lowest BCUT2D eigenvalue weighted by Crippen LogP contribution is -2.49. The van der Waals surface area contributed by atoms with Crippen LogP contribution in [0.15, 0.2) is 0 Å². The van der Waals surface area contributed by atoms with E-state index in [0.29, 0.717) is 18.6 Å². The quantitative estimate of drug-likeness (QED) is 0.788. The van der Waals surface area contributed by atoms with Gasteiger partial charge in [0.1, 0.15) is 5.54 Å². The van der Waals surface area contributed by atoms with E-state index in [2.05, 4.69) is 18.3 Å². The Kier molecular flexibility index (Phi) is 4.64. The van der Waals surface area contributed by atoms with Gasteiger partial charge in [0.05, 0.1) is 18.8 Å². The molecule has 2 rings (SSSR count). The molecule has 1 N–H and O–H groups in total. The van der Waals surface area contributed by atoms with Crippen molar-refractivity contribution in [3.05, 3.63) is 0 Å². The summed E-state index contributed by atoms with van der Waals surface area (Å²) in [5.74, 6) is 1.33. The maximum Gasteiger partial charge on any atom is 0.132 e. The molecule has 0 aromatic rings. The zero-order valence-corrected chi connectivity index (χ0v) is 11.7. The maximum atomic E-state index is 9.42. The second-order valence-corrected chi connectivity index (χ2v) is 5.98. The minimum atomic E-state index is -0.431. The molecule has 0 saturated heterocycles. The van der Waals surface area contributed by atoms with Gasteiger partial charge in [-0.15, -0.1) is 0 Å². The van der Waals surface area contributed by atoms with Crippen molar-refractivity contribution in [2.75, 3.05) is 13.7 Å². The molecule has 0 amide bonds. The number of hydrogen-bond acceptors (Lipinski definition) is 3. The number of ether oxygens (including phenoxy) is 1. The molecule has 18 heavy (non-hydrogen) atoms. The predicted molar refractivity (Wildman–Crippen MR) is 72.1 cm³/mol. The van der Waals surface area contributed by atoms with Crippen LogP contribution in [0.1, 0.15) is 51.9 Å². The van der Waals surface area contributed by atoms with Gasteiger partial charge in [-0.25, -0.2) is 0 Å². The molecule has 3 nitrogen and oxygen atoms in total. The van der Waals surface area contributed by atoms with Crippen LogP contribution in [-0.4, -0.2) is 25.3 Å². The van der Waals surface area contributed by atoms with Crippen molar-refractivity contribution in [2.24, 2.45) is 11.8 Å². The lowest BCUT2D eigenvalue weighted by atomic mass is 9.85. The van der Waals surface area contributed by atoms with Crippen LogP contribution in [0.5, 0.6) is 0 Å². The molecule has 2 saturated carbocycles. The topological polar surface area (TPSA) is 45.0 Å². The summed E-state index contributed by atoms with van der Waals surface area (Å²) < 4.78 is 6.08. The van der Waals surface area contributed by atoms with Crippen LogP contribution in [0.2, 0.25) is 0 Å². The fourth-order valence-electron chi connectivity index (χ4n) is 3.16. The molecule has 3 heteroatoms. The number of nitrogens with zero attached hydrogens (tertiary/aromatic N) is 1. The van der Waals surface area contributed by atoms with E-state index in [0.717, 1.165) is 5.92 Å². The second kappa shape index (κ2) is 6.04. The van der Waals surface area contributed by atoms with Crippen LogP contribution >= 0.6 is 0 Å². The first-order valence-corrected chi connectivity index (χ1v) is 7.46. The van der Waals surface area contributed by atoms with Gasteiger partial charge in [-0.1, -0.05) is 26.2 Å². The third kappa shape index (κ3) is 3.05. The summed E-state index contributed by atoms with van der Waals surface area (Å²) in [5, 5.41) is 12.6. The van der Waals surface area contributed by atoms with Crippen molar-refractivity contribution in [1.82, 2.24) is 5.32 Å². The number of nitriles is 1. The number of hydrogen-bond donors (Lipinski definition) is 1. The fraction of sp³-hybridized carbons (Fsp3) is 0.933. The maximum absolute atomic E-state index is 9.42. The van der Waals surface area contributed by atoms with Gasteiger partial charge < -0.3 is 10.1 Å². The molecule has 102 valence electrons. The van der Waals surface area contributed by atoms with E-state index in [-0.39, 0.29) is 0 Å². The van der Waals surface area contributed by atoms with Crippen LogP contribution in [0.25, 0.3) is 0 Å². The Balaban J connectivity index is 1.84. The van der Waals surface area contributed by atoms with E-state index in [9.17, 15) is 5.26 Å². The molecule has 0 aliphatic heterocycles. The van der Waals surface area contributed by atoms with E-state index in [1.54, 1.807) is 0 Å². The van der Waals surface area contributed by atoms with E-state index < -0.39 is 5.54 Å². The van der Waals surface area contributed by atoms with Gasteiger partial charge in [-0.2, -0.15) is 5.26 Å². The zero-order valence-electron chi connectivity index (χ0n) is 11.7. The minimum Gasteiger partial charge on any atom is -0.375 e. The first-order valence-electron chi connectivity index (χ1n) is 7.46. The summed E-state index contributed by atoms with van der Waals surface area (Å²) >= 11 is 0. The van der Waals surface area contributed by atoms with E-state index >= 15 is 0 Å². The van der Waals surface area contributed by atoms with Gasteiger partial charge in [-0.3, -0.25) is 0 Å². The Morgan fingerprint density at radius 3 is 2.67 bits per heavy atom. The third-order valence-electron chi connectivity index (χ3n) is 4.78. The summed E-state index contributed by atoms with van der Waals surface area (Å²) in [6, 6.07) is 2.46. The van der Waals surface area contributed by atoms with Crippen molar-refractivity contribution in [3.63, 3.8) is 0 Å². The van der Waals surface area contributed by atoms with Crippen molar-refractivity contribution in [1.29, 1.82) is 5.26 Å². The largest absolute Gasteiger partial charge is 0.375 e. The Morgan fingerprint density at radius 2 is 2.11 bits per heavy atom. The molecular weight excluding hydrogens is 224 g/mol.